The van der Waals surface area contributed by atoms with E-state index < -0.39 is 11.0 Å². The van der Waals surface area contributed by atoms with Gasteiger partial charge in [0.25, 0.3) is 0 Å². The Kier molecular flexibility index (Phi) is 13.0. The van der Waals surface area contributed by atoms with Crippen molar-refractivity contribution < 1.29 is 28.7 Å². The van der Waals surface area contributed by atoms with E-state index in [4.69, 9.17) is 21.1 Å². The van der Waals surface area contributed by atoms with E-state index in [2.05, 4.69) is 84.9 Å². The summed E-state index contributed by atoms with van der Waals surface area (Å²) in [6.45, 7) is 23.0. The van der Waals surface area contributed by atoms with Crippen molar-refractivity contribution in [3.8, 4) is 0 Å². The number of Topliss-reactive ketones (excluding diaryl/α,β-unsaturated/α-hetero) is 1. The molecule has 0 saturated heterocycles. The first kappa shape index (κ1) is 50.3. The molecule has 376 valence electrons. The van der Waals surface area contributed by atoms with Gasteiger partial charge in [-0.05, 0) is 164 Å². The highest BCUT2D eigenvalue weighted by Crippen LogP contribution is 2.76. The molecule has 9 nitrogen and oxygen atoms in total. The minimum Gasteiger partial charge on any atom is -0.462 e. The molecule has 2 amide bonds. The van der Waals surface area contributed by atoms with Gasteiger partial charge in [-0.15, -0.1) is 0 Å². The van der Waals surface area contributed by atoms with E-state index >= 15 is 4.79 Å². The fraction of sp³-hybridized carbons (Fsp3) is 0.695. The number of amides is 2. The first-order valence-electron chi connectivity index (χ1n) is 26.6. The zero-order chi connectivity index (χ0) is 49.7. The molecule has 0 spiro atoms. The van der Waals surface area contributed by atoms with E-state index in [1.165, 1.54) is 11.1 Å². The number of rotatable bonds is 13. The monoisotopic (exact) mass is 964 g/mol. The molecule has 10 atom stereocenters. The number of fused-ring (bicyclic) bond motifs is 7. The maximum absolute atomic E-state index is 15.0. The smallest absolute Gasteiger partial charge is 0.318 e. The summed E-state index contributed by atoms with van der Waals surface area (Å²) >= 11 is 6.31. The van der Waals surface area contributed by atoms with Crippen LogP contribution in [0, 0.1) is 62.6 Å². The minimum absolute atomic E-state index is 0.0203. The van der Waals surface area contributed by atoms with Crippen molar-refractivity contribution >= 4 is 35.4 Å². The number of likely N-dealkylation sites (N-methyl/N-ethyl adjacent to an activating group) is 1. The summed E-state index contributed by atoms with van der Waals surface area (Å²) in [7, 11) is 4.12. The summed E-state index contributed by atoms with van der Waals surface area (Å²) in [5.41, 5.74) is 2.88. The van der Waals surface area contributed by atoms with E-state index in [-0.39, 0.29) is 87.2 Å². The van der Waals surface area contributed by atoms with Gasteiger partial charge in [0, 0.05) is 41.9 Å². The zero-order valence-electron chi connectivity index (χ0n) is 43.8. The second-order valence-electron chi connectivity index (χ2n) is 25.8. The Morgan fingerprint density at radius 3 is 2.07 bits per heavy atom. The lowest BCUT2D eigenvalue weighted by atomic mass is 9.33. The van der Waals surface area contributed by atoms with Gasteiger partial charge < -0.3 is 24.6 Å². The number of hydrogen-bond acceptors (Lipinski definition) is 7. The normalized spacial score (nSPS) is 35.8. The average Bonchev–Trinajstić information content (AvgIpc) is 4.00. The van der Waals surface area contributed by atoms with Crippen LogP contribution < -0.4 is 5.32 Å². The summed E-state index contributed by atoms with van der Waals surface area (Å²) in [6.07, 6.45) is 10.5. The van der Waals surface area contributed by atoms with E-state index in [0.29, 0.717) is 37.8 Å². The maximum Gasteiger partial charge on any atom is 0.318 e. The molecule has 7 aliphatic rings. The van der Waals surface area contributed by atoms with Crippen LogP contribution in [-0.2, 0) is 35.9 Å². The lowest BCUT2D eigenvalue weighted by Crippen LogP contribution is -2.68. The van der Waals surface area contributed by atoms with Crippen LogP contribution in [0.2, 0.25) is 5.02 Å². The highest BCUT2D eigenvalue weighted by molar-refractivity contribution is 6.30. The Morgan fingerprint density at radius 2 is 1.43 bits per heavy atom. The predicted molar refractivity (Wildman–Crippen MR) is 272 cm³/mol. The second-order valence-corrected chi connectivity index (χ2v) is 26.2. The van der Waals surface area contributed by atoms with Gasteiger partial charge in [-0.25, -0.2) is 4.79 Å². The SMILES string of the molecule is CC(C)C1=C2[C@H]3CC[C@@H]4[C@@]5(C)CC[C@H](OC(=O)[C@H]6C[C@@H](C(=O)OCc7ccccc7)C6(C)C)C(C)(C)[C@@H]5CC[C@@]4(C)[C@]3(C)CCC2(NC(=O)N(CCN(C)C)CC2(c3ccc(Cl)cc3)CC2)CC1=O. The standard InChI is InChI=1S/C59H82ClN3O6/c1-37(2)48-44(64)34-59(61-52(67)63(32-31-62(10)11)36-58(28-29-58)39-17-19-40(60)20-18-39)30-27-56(8)41(49(48)59)21-22-46-55(7)25-24-47(54(5,6)45(55)23-26-57(46,56)9)69-51(66)43-33-42(53(43,3)4)50(65)68-35-38-15-13-12-14-16-38/h12-20,37,41-43,45-47H,21-36H2,1-11H3,(H,61,67)/t41-,42+,43-,45+,46-,47+,55+,56-,57-,59?/m1/s1. The van der Waals surface area contributed by atoms with Crippen LogP contribution in [0.25, 0.3) is 0 Å². The van der Waals surface area contributed by atoms with Crippen molar-refractivity contribution in [2.45, 2.75) is 163 Å². The molecular weight excluding hydrogens is 882 g/mol. The van der Waals surface area contributed by atoms with Gasteiger partial charge in [-0.1, -0.05) is 116 Å². The van der Waals surface area contributed by atoms with E-state index in [0.717, 1.165) is 86.9 Å². The Bertz CT molecular complexity index is 2350. The van der Waals surface area contributed by atoms with Gasteiger partial charge in [0.2, 0.25) is 0 Å². The molecular formula is C59H82ClN3O6. The maximum atomic E-state index is 15.0. The van der Waals surface area contributed by atoms with Crippen molar-refractivity contribution in [2.75, 3.05) is 33.7 Å². The molecule has 2 aromatic carbocycles. The average molecular weight is 965 g/mol. The first-order chi connectivity index (χ1) is 32.4. The van der Waals surface area contributed by atoms with Gasteiger partial charge in [0.15, 0.2) is 5.78 Å². The van der Waals surface area contributed by atoms with Gasteiger partial charge >= 0.3 is 18.0 Å². The highest BCUT2D eigenvalue weighted by Gasteiger charge is 2.71. The molecule has 7 aliphatic carbocycles. The third-order valence-electron chi connectivity index (χ3n) is 20.9. The lowest BCUT2D eigenvalue weighted by molar-refractivity contribution is -0.235. The molecule has 6 fully saturated rings. The van der Waals surface area contributed by atoms with E-state index in [1.807, 2.05) is 61.2 Å². The van der Waals surface area contributed by atoms with Gasteiger partial charge in [0.1, 0.15) is 12.7 Å². The summed E-state index contributed by atoms with van der Waals surface area (Å²) < 4.78 is 12.4. The molecule has 9 rings (SSSR count). The molecule has 10 heteroatoms. The topological polar surface area (TPSA) is 105 Å². The third-order valence-corrected chi connectivity index (χ3v) is 21.2. The van der Waals surface area contributed by atoms with E-state index in [9.17, 15) is 14.4 Å². The van der Waals surface area contributed by atoms with Crippen molar-refractivity contribution in [3.05, 3.63) is 81.9 Å². The van der Waals surface area contributed by atoms with Gasteiger partial charge in [-0.2, -0.15) is 0 Å². The summed E-state index contributed by atoms with van der Waals surface area (Å²) in [6, 6.07) is 17.8. The minimum atomic E-state index is -0.684. The summed E-state index contributed by atoms with van der Waals surface area (Å²) in [5.74, 6) is 0.235. The van der Waals surface area contributed by atoms with Crippen molar-refractivity contribution in [2.24, 2.45) is 62.6 Å². The number of hydrogen-bond donors (Lipinski definition) is 1. The number of esters is 2. The fourth-order valence-corrected chi connectivity index (χ4v) is 16.6. The molecule has 0 bridgehead atoms. The van der Waals surface area contributed by atoms with Gasteiger partial charge in [0.05, 0.1) is 17.4 Å². The largest absolute Gasteiger partial charge is 0.462 e. The molecule has 1 unspecified atom stereocenters. The highest BCUT2D eigenvalue weighted by atomic mass is 35.5. The van der Waals surface area contributed by atoms with Crippen LogP contribution in [0.3, 0.4) is 0 Å². The number of allylic oxidation sites excluding steroid dienone is 1. The molecule has 0 radical (unpaired) electrons. The number of urea groups is 1. The van der Waals surface area contributed by atoms with Crippen LogP contribution >= 0.6 is 11.6 Å². The summed E-state index contributed by atoms with van der Waals surface area (Å²) in [5, 5.41) is 4.43. The Balaban J connectivity index is 0.917. The number of benzene rings is 2. The molecule has 0 aromatic heterocycles. The van der Waals surface area contributed by atoms with Crippen LogP contribution in [0.5, 0.6) is 0 Å². The molecule has 69 heavy (non-hydrogen) atoms. The van der Waals surface area contributed by atoms with Gasteiger partial charge in [-0.3, -0.25) is 14.4 Å². The Morgan fingerprint density at radius 1 is 0.754 bits per heavy atom. The van der Waals surface area contributed by atoms with Crippen LogP contribution in [0.1, 0.15) is 150 Å². The lowest BCUT2D eigenvalue weighted by Gasteiger charge is -2.72. The van der Waals surface area contributed by atoms with Crippen molar-refractivity contribution in [1.82, 2.24) is 15.1 Å². The number of nitrogens with one attached hydrogen (secondary N) is 1. The third kappa shape index (κ3) is 8.31. The number of ether oxygens (including phenoxy) is 2. The fourth-order valence-electron chi connectivity index (χ4n) is 16.4. The van der Waals surface area contributed by atoms with Crippen LogP contribution in [0.15, 0.2) is 65.7 Å². The van der Waals surface area contributed by atoms with Crippen molar-refractivity contribution in [1.29, 1.82) is 0 Å². The second kappa shape index (κ2) is 17.8. The van der Waals surface area contributed by atoms with E-state index in [1.54, 1.807) is 0 Å². The Hall–Kier alpha value is -3.69. The molecule has 0 aliphatic heterocycles. The molecule has 6 saturated carbocycles. The van der Waals surface area contributed by atoms with Crippen LogP contribution in [-0.4, -0.2) is 78.9 Å². The number of ketones is 1. The number of nitrogens with zero attached hydrogens (tertiary/aromatic N) is 2. The number of halogens is 1. The summed E-state index contributed by atoms with van der Waals surface area (Å²) in [4.78, 5) is 61.1. The Labute approximate surface area is 418 Å². The number of carbonyl (C=O) groups excluding carboxylic acids is 4. The van der Waals surface area contributed by atoms with Crippen LogP contribution in [0.4, 0.5) is 4.79 Å². The molecule has 0 heterocycles. The quantitative estimate of drug-likeness (QED) is 0.199. The predicted octanol–water partition coefficient (Wildman–Crippen LogP) is 12.0. The zero-order valence-corrected chi connectivity index (χ0v) is 44.5. The molecule has 2 aromatic rings. The first-order valence-corrected chi connectivity index (χ1v) is 27.0. The molecule has 1 N–H and O–H groups in total. The number of carbonyl (C=O) groups is 4. The van der Waals surface area contributed by atoms with Crippen molar-refractivity contribution in [3.63, 3.8) is 0 Å².